The molecule has 1 N–H and O–H groups in total. The van der Waals surface area contributed by atoms with Crippen molar-refractivity contribution >= 4 is 22.7 Å². The van der Waals surface area contributed by atoms with E-state index in [-0.39, 0.29) is 5.82 Å². The molecule has 0 unspecified atom stereocenters. The van der Waals surface area contributed by atoms with Crippen molar-refractivity contribution < 1.29 is 9.13 Å². The number of halogens is 1. The lowest BCUT2D eigenvalue weighted by molar-refractivity contribution is 0.122. The molecular weight excluding hydrogens is 491 g/mol. The summed E-state index contributed by atoms with van der Waals surface area (Å²) in [6.45, 7) is 5.03. The highest BCUT2D eigenvalue weighted by Gasteiger charge is 2.20. The van der Waals surface area contributed by atoms with Crippen LogP contribution in [0.15, 0.2) is 54.7 Å². The number of aryl methyl sites for hydroxylation is 1. The maximum atomic E-state index is 13.2. The van der Waals surface area contributed by atoms with Gasteiger partial charge in [0.15, 0.2) is 5.65 Å². The maximum absolute atomic E-state index is 13.2. The molecule has 7 nitrogen and oxygen atoms in total. The van der Waals surface area contributed by atoms with E-state index in [2.05, 4.69) is 44.1 Å². The zero-order valence-electron chi connectivity index (χ0n) is 22.5. The van der Waals surface area contributed by atoms with Crippen molar-refractivity contribution in [3.8, 4) is 11.3 Å². The van der Waals surface area contributed by atoms with Gasteiger partial charge in [-0.3, -0.25) is 0 Å². The standard InChI is InChI=1S/C31H37FN6O/c32-26-12-8-23(9-13-26)7-4-16-33-31-34-21-28-29(25-10-14-27(15-11-25)37-17-19-39-20-18-37)36-38(30(28)35-31)22-24-5-2-1-3-6-24/h8-15,21,24H,1-7,16-20,22H2,(H,33,34,35). The van der Waals surface area contributed by atoms with Crippen LogP contribution in [0, 0.1) is 11.7 Å². The minimum Gasteiger partial charge on any atom is -0.378 e. The summed E-state index contributed by atoms with van der Waals surface area (Å²) in [6, 6.07) is 15.4. The van der Waals surface area contributed by atoms with Gasteiger partial charge in [0.25, 0.3) is 0 Å². The van der Waals surface area contributed by atoms with E-state index in [9.17, 15) is 4.39 Å². The number of anilines is 2. The largest absolute Gasteiger partial charge is 0.378 e. The van der Waals surface area contributed by atoms with E-state index >= 15 is 0 Å². The van der Waals surface area contributed by atoms with Crippen molar-refractivity contribution in [3.63, 3.8) is 0 Å². The molecule has 1 saturated heterocycles. The molecule has 2 fully saturated rings. The fraction of sp³-hybridized carbons (Fsp3) is 0.452. The maximum Gasteiger partial charge on any atom is 0.224 e. The predicted octanol–water partition coefficient (Wildman–Crippen LogP) is 6.09. The number of hydrogen-bond acceptors (Lipinski definition) is 6. The molecule has 3 heterocycles. The number of fused-ring (bicyclic) bond motifs is 1. The Morgan fingerprint density at radius 1 is 0.949 bits per heavy atom. The normalized spacial score (nSPS) is 16.6. The molecule has 1 aliphatic carbocycles. The van der Waals surface area contributed by atoms with E-state index in [1.54, 1.807) is 0 Å². The summed E-state index contributed by atoms with van der Waals surface area (Å²) >= 11 is 0. The van der Waals surface area contributed by atoms with Gasteiger partial charge in [0.1, 0.15) is 11.5 Å². The topological polar surface area (TPSA) is 68.1 Å². The van der Waals surface area contributed by atoms with Crippen LogP contribution in [-0.2, 0) is 17.7 Å². The summed E-state index contributed by atoms with van der Waals surface area (Å²) in [7, 11) is 0. The van der Waals surface area contributed by atoms with Crippen LogP contribution in [0.4, 0.5) is 16.0 Å². The zero-order chi connectivity index (χ0) is 26.4. The lowest BCUT2D eigenvalue weighted by Crippen LogP contribution is -2.36. The Morgan fingerprint density at radius 2 is 1.72 bits per heavy atom. The zero-order valence-corrected chi connectivity index (χ0v) is 22.5. The smallest absolute Gasteiger partial charge is 0.224 e. The van der Waals surface area contributed by atoms with Gasteiger partial charge >= 0.3 is 0 Å². The molecule has 1 aliphatic heterocycles. The number of rotatable bonds is 9. The Kier molecular flexibility index (Phi) is 8.00. The number of aromatic nitrogens is 4. The molecule has 0 spiro atoms. The predicted molar refractivity (Wildman–Crippen MR) is 154 cm³/mol. The lowest BCUT2D eigenvalue weighted by atomic mass is 9.89. The van der Waals surface area contributed by atoms with Crippen molar-refractivity contribution in [2.75, 3.05) is 43.1 Å². The molecule has 39 heavy (non-hydrogen) atoms. The first kappa shape index (κ1) is 25.7. The molecule has 204 valence electrons. The summed E-state index contributed by atoms with van der Waals surface area (Å²) in [5.41, 5.74) is 5.27. The minimum atomic E-state index is -0.198. The monoisotopic (exact) mass is 528 g/mol. The molecule has 0 radical (unpaired) electrons. The summed E-state index contributed by atoms with van der Waals surface area (Å²) < 4.78 is 20.8. The van der Waals surface area contributed by atoms with Crippen LogP contribution >= 0.6 is 0 Å². The summed E-state index contributed by atoms with van der Waals surface area (Å²) in [6.07, 6.45) is 10.2. The number of nitrogens with zero attached hydrogens (tertiary/aromatic N) is 5. The van der Waals surface area contributed by atoms with Gasteiger partial charge in [0.05, 0.1) is 18.6 Å². The van der Waals surface area contributed by atoms with Crippen molar-refractivity contribution in [1.29, 1.82) is 0 Å². The third-order valence-electron chi connectivity index (χ3n) is 8.00. The van der Waals surface area contributed by atoms with Gasteiger partial charge in [0, 0.05) is 43.6 Å². The second-order valence-electron chi connectivity index (χ2n) is 10.8. The van der Waals surface area contributed by atoms with Gasteiger partial charge in [-0.25, -0.2) is 14.1 Å². The first-order valence-electron chi connectivity index (χ1n) is 14.4. The van der Waals surface area contributed by atoms with Crippen LogP contribution in [0.1, 0.15) is 44.1 Å². The van der Waals surface area contributed by atoms with Crippen molar-refractivity contribution in [1.82, 2.24) is 19.7 Å². The van der Waals surface area contributed by atoms with Crippen LogP contribution in [0.25, 0.3) is 22.3 Å². The van der Waals surface area contributed by atoms with Crippen LogP contribution < -0.4 is 10.2 Å². The number of nitrogens with one attached hydrogen (secondary N) is 1. The van der Waals surface area contributed by atoms with Crippen molar-refractivity contribution in [2.45, 2.75) is 51.5 Å². The molecular formula is C31H37FN6O. The summed E-state index contributed by atoms with van der Waals surface area (Å²) in [5, 5.41) is 9.48. The molecule has 0 amide bonds. The highest BCUT2D eigenvalue weighted by Crippen LogP contribution is 2.31. The third kappa shape index (κ3) is 6.22. The molecule has 2 aromatic carbocycles. The molecule has 2 aromatic heterocycles. The van der Waals surface area contributed by atoms with Gasteiger partial charge in [-0.15, -0.1) is 0 Å². The second kappa shape index (κ2) is 12.1. The molecule has 4 aromatic rings. The number of morpholine rings is 1. The van der Waals surface area contributed by atoms with E-state index in [4.69, 9.17) is 14.8 Å². The Bertz CT molecular complexity index is 1360. The fourth-order valence-electron chi connectivity index (χ4n) is 5.79. The molecule has 1 saturated carbocycles. The average molecular weight is 529 g/mol. The molecule has 6 rings (SSSR count). The van der Waals surface area contributed by atoms with Crippen LogP contribution in [0.5, 0.6) is 0 Å². The van der Waals surface area contributed by atoms with Gasteiger partial charge in [-0.2, -0.15) is 10.1 Å². The first-order valence-corrected chi connectivity index (χ1v) is 14.4. The Morgan fingerprint density at radius 3 is 2.49 bits per heavy atom. The molecule has 0 bridgehead atoms. The van der Waals surface area contributed by atoms with E-state index in [1.165, 1.54) is 49.9 Å². The number of benzene rings is 2. The van der Waals surface area contributed by atoms with Crippen molar-refractivity contribution in [3.05, 3.63) is 66.1 Å². The highest BCUT2D eigenvalue weighted by atomic mass is 19.1. The van der Waals surface area contributed by atoms with Gasteiger partial charge in [-0.05, 0) is 61.4 Å². The Labute approximate surface area is 229 Å². The fourth-order valence-corrected chi connectivity index (χ4v) is 5.79. The van der Waals surface area contributed by atoms with E-state index in [1.807, 2.05) is 18.3 Å². The minimum absolute atomic E-state index is 0.198. The molecule has 0 atom stereocenters. The number of ether oxygens (including phenoxy) is 1. The van der Waals surface area contributed by atoms with E-state index < -0.39 is 0 Å². The quantitative estimate of drug-likeness (QED) is 0.265. The van der Waals surface area contributed by atoms with Gasteiger partial charge in [-0.1, -0.05) is 43.5 Å². The Balaban J connectivity index is 1.21. The van der Waals surface area contributed by atoms with Crippen LogP contribution in [-0.4, -0.2) is 52.6 Å². The van der Waals surface area contributed by atoms with Gasteiger partial charge in [0.2, 0.25) is 5.95 Å². The van der Waals surface area contributed by atoms with E-state index in [0.29, 0.717) is 11.9 Å². The molecule has 2 aliphatic rings. The third-order valence-corrected chi connectivity index (χ3v) is 8.00. The highest BCUT2D eigenvalue weighted by molar-refractivity contribution is 5.91. The lowest BCUT2D eigenvalue weighted by Gasteiger charge is -2.28. The van der Waals surface area contributed by atoms with Crippen LogP contribution in [0.3, 0.4) is 0 Å². The first-order chi connectivity index (χ1) is 19.2. The SMILES string of the molecule is Fc1ccc(CCCNc2ncc3c(-c4ccc(N5CCOCC5)cc4)nn(CC4CCCCC4)c3n2)cc1. The molecule has 8 heteroatoms. The summed E-state index contributed by atoms with van der Waals surface area (Å²) in [5.74, 6) is 1.07. The Hall–Kier alpha value is -3.52. The van der Waals surface area contributed by atoms with Gasteiger partial charge < -0.3 is 15.0 Å². The van der Waals surface area contributed by atoms with Crippen molar-refractivity contribution in [2.24, 2.45) is 5.92 Å². The van der Waals surface area contributed by atoms with E-state index in [0.717, 1.165) is 80.1 Å². The second-order valence-corrected chi connectivity index (χ2v) is 10.8. The summed E-state index contributed by atoms with van der Waals surface area (Å²) in [4.78, 5) is 12.0. The van der Waals surface area contributed by atoms with Crippen LogP contribution in [0.2, 0.25) is 0 Å². The number of hydrogen-bond donors (Lipinski definition) is 1. The average Bonchev–Trinajstić information content (AvgIpc) is 3.34.